The van der Waals surface area contributed by atoms with Crippen molar-refractivity contribution in [2.75, 3.05) is 31.7 Å². The standard InChI is InChI=1S/C12H18N4OS/c1-16(7-9-3-2-6-17-8-9)12-14-5-4-10(15-12)11(13)18/h4-5,9H,2-3,6-8H2,1H3,(H2,13,18). The van der Waals surface area contributed by atoms with Crippen LogP contribution < -0.4 is 10.6 Å². The van der Waals surface area contributed by atoms with Crippen molar-refractivity contribution < 1.29 is 4.74 Å². The number of anilines is 1. The van der Waals surface area contributed by atoms with E-state index in [4.69, 9.17) is 22.7 Å². The molecule has 1 aliphatic heterocycles. The van der Waals surface area contributed by atoms with E-state index in [1.807, 2.05) is 11.9 Å². The molecule has 1 aromatic heterocycles. The second-order valence-corrected chi connectivity index (χ2v) is 5.01. The predicted octanol–water partition coefficient (Wildman–Crippen LogP) is 0.974. The molecular weight excluding hydrogens is 248 g/mol. The highest BCUT2D eigenvalue weighted by atomic mass is 32.1. The Balaban J connectivity index is 2.01. The molecule has 18 heavy (non-hydrogen) atoms. The van der Waals surface area contributed by atoms with Crippen molar-refractivity contribution in [2.45, 2.75) is 12.8 Å². The lowest BCUT2D eigenvalue weighted by Gasteiger charge is -2.27. The minimum atomic E-state index is 0.299. The molecule has 0 radical (unpaired) electrons. The number of ether oxygens (including phenoxy) is 1. The third-order valence-electron chi connectivity index (χ3n) is 3.02. The van der Waals surface area contributed by atoms with Crippen LogP contribution in [0.5, 0.6) is 0 Å². The van der Waals surface area contributed by atoms with Crippen LogP contribution in [-0.4, -0.2) is 41.8 Å². The SMILES string of the molecule is CN(CC1CCCOC1)c1nccc(C(N)=S)n1. The molecule has 2 N–H and O–H groups in total. The number of hydrogen-bond acceptors (Lipinski definition) is 5. The van der Waals surface area contributed by atoms with Gasteiger partial charge < -0.3 is 15.4 Å². The minimum absolute atomic E-state index is 0.299. The van der Waals surface area contributed by atoms with Gasteiger partial charge >= 0.3 is 0 Å². The summed E-state index contributed by atoms with van der Waals surface area (Å²) in [6.45, 7) is 2.59. The monoisotopic (exact) mass is 266 g/mol. The number of nitrogens with two attached hydrogens (primary N) is 1. The fourth-order valence-electron chi connectivity index (χ4n) is 2.09. The Morgan fingerprint density at radius 2 is 2.50 bits per heavy atom. The molecule has 2 heterocycles. The van der Waals surface area contributed by atoms with Crippen molar-refractivity contribution in [1.29, 1.82) is 0 Å². The molecule has 1 saturated heterocycles. The molecule has 1 atom stereocenters. The molecule has 1 fully saturated rings. The lowest BCUT2D eigenvalue weighted by atomic mass is 10.0. The lowest BCUT2D eigenvalue weighted by molar-refractivity contribution is 0.0575. The summed E-state index contributed by atoms with van der Waals surface area (Å²) in [6, 6.07) is 1.73. The van der Waals surface area contributed by atoms with Crippen LogP contribution in [0.15, 0.2) is 12.3 Å². The Kier molecular flexibility index (Phi) is 4.43. The van der Waals surface area contributed by atoms with Gasteiger partial charge in [-0.1, -0.05) is 12.2 Å². The van der Waals surface area contributed by atoms with E-state index in [1.165, 1.54) is 6.42 Å². The first-order valence-corrected chi connectivity index (χ1v) is 6.49. The Labute approximate surface area is 112 Å². The average molecular weight is 266 g/mol. The second kappa shape index (κ2) is 6.06. The summed E-state index contributed by atoms with van der Waals surface area (Å²) in [5, 5.41) is 0. The highest BCUT2D eigenvalue weighted by molar-refractivity contribution is 7.80. The zero-order valence-corrected chi connectivity index (χ0v) is 11.3. The van der Waals surface area contributed by atoms with E-state index in [9.17, 15) is 0 Å². The van der Waals surface area contributed by atoms with Crippen LogP contribution in [0.4, 0.5) is 5.95 Å². The number of rotatable bonds is 4. The molecule has 5 nitrogen and oxygen atoms in total. The third kappa shape index (κ3) is 3.36. The molecule has 1 aromatic rings. The van der Waals surface area contributed by atoms with Crippen LogP contribution >= 0.6 is 12.2 Å². The zero-order valence-electron chi connectivity index (χ0n) is 10.5. The first kappa shape index (κ1) is 13.2. The maximum Gasteiger partial charge on any atom is 0.225 e. The van der Waals surface area contributed by atoms with E-state index in [0.717, 1.165) is 26.2 Å². The Bertz CT molecular complexity index is 420. The van der Waals surface area contributed by atoms with Crippen LogP contribution in [0.25, 0.3) is 0 Å². The number of aromatic nitrogens is 2. The molecule has 0 amide bonds. The molecule has 2 rings (SSSR count). The summed E-state index contributed by atoms with van der Waals surface area (Å²) in [6.07, 6.45) is 4.01. The van der Waals surface area contributed by atoms with E-state index in [-0.39, 0.29) is 0 Å². The van der Waals surface area contributed by atoms with Crippen LogP contribution in [0.3, 0.4) is 0 Å². The molecule has 0 aromatic carbocycles. The summed E-state index contributed by atoms with van der Waals surface area (Å²) < 4.78 is 5.47. The first-order chi connectivity index (χ1) is 8.66. The van der Waals surface area contributed by atoms with E-state index in [1.54, 1.807) is 12.3 Å². The van der Waals surface area contributed by atoms with Crippen molar-refractivity contribution in [3.8, 4) is 0 Å². The smallest absolute Gasteiger partial charge is 0.225 e. The number of hydrogen-bond donors (Lipinski definition) is 1. The van der Waals surface area contributed by atoms with Gasteiger partial charge in [-0.25, -0.2) is 9.97 Å². The lowest BCUT2D eigenvalue weighted by Crippen LogP contribution is -2.32. The number of nitrogens with zero attached hydrogens (tertiary/aromatic N) is 3. The van der Waals surface area contributed by atoms with Crippen LogP contribution in [-0.2, 0) is 4.74 Å². The first-order valence-electron chi connectivity index (χ1n) is 6.08. The molecule has 6 heteroatoms. The summed E-state index contributed by atoms with van der Waals surface area (Å²) in [5.74, 6) is 1.20. The predicted molar refractivity (Wildman–Crippen MR) is 74.7 cm³/mol. The quantitative estimate of drug-likeness (QED) is 0.819. The Morgan fingerprint density at radius 1 is 1.67 bits per heavy atom. The third-order valence-corrected chi connectivity index (χ3v) is 3.23. The van der Waals surface area contributed by atoms with Crippen molar-refractivity contribution in [3.63, 3.8) is 0 Å². The molecular formula is C12H18N4OS. The van der Waals surface area contributed by atoms with Gasteiger partial charge in [0.2, 0.25) is 5.95 Å². The van der Waals surface area contributed by atoms with Gasteiger partial charge in [-0.2, -0.15) is 0 Å². The summed E-state index contributed by atoms with van der Waals surface area (Å²) in [7, 11) is 1.98. The van der Waals surface area contributed by atoms with Crippen LogP contribution in [0.1, 0.15) is 18.5 Å². The van der Waals surface area contributed by atoms with Gasteiger partial charge in [-0.3, -0.25) is 0 Å². The van der Waals surface area contributed by atoms with Gasteiger partial charge in [0, 0.05) is 26.4 Å². The maximum atomic E-state index is 5.57. The van der Waals surface area contributed by atoms with Gasteiger partial charge in [0.25, 0.3) is 0 Å². The van der Waals surface area contributed by atoms with E-state index in [2.05, 4.69) is 9.97 Å². The fourth-order valence-corrected chi connectivity index (χ4v) is 2.20. The maximum absolute atomic E-state index is 5.57. The zero-order chi connectivity index (χ0) is 13.0. The van der Waals surface area contributed by atoms with E-state index in [0.29, 0.717) is 22.5 Å². The molecule has 0 spiro atoms. The minimum Gasteiger partial charge on any atom is -0.388 e. The summed E-state index contributed by atoms with van der Waals surface area (Å²) >= 11 is 4.92. The van der Waals surface area contributed by atoms with Gasteiger partial charge in [0.15, 0.2) is 0 Å². The highest BCUT2D eigenvalue weighted by Gasteiger charge is 2.17. The normalized spacial score (nSPS) is 19.5. The number of thiocarbonyl (C=S) groups is 1. The fraction of sp³-hybridized carbons (Fsp3) is 0.583. The van der Waals surface area contributed by atoms with Gasteiger partial charge in [-0.05, 0) is 24.8 Å². The average Bonchev–Trinajstić information content (AvgIpc) is 2.40. The van der Waals surface area contributed by atoms with Crippen molar-refractivity contribution in [2.24, 2.45) is 11.7 Å². The topological polar surface area (TPSA) is 64.3 Å². The summed E-state index contributed by atoms with van der Waals surface area (Å²) in [5.41, 5.74) is 6.18. The van der Waals surface area contributed by atoms with Crippen molar-refractivity contribution in [1.82, 2.24) is 9.97 Å². The van der Waals surface area contributed by atoms with E-state index < -0.39 is 0 Å². The Morgan fingerprint density at radius 3 is 3.17 bits per heavy atom. The van der Waals surface area contributed by atoms with Crippen LogP contribution in [0, 0.1) is 5.92 Å². The van der Waals surface area contributed by atoms with Gasteiger partial charge in [0.05, 0.1) is 6.61 Å². The molecule has 0 bridgehead atoms. The molecule has 0 saturated carbocycles. The molecule has 1 aliphatic rings. The second-order valence-electron chi connectivity index (χ2n) is 4.57. The van der Waals surface area contributed by atoms with Crippen LogP contribution in [0.2, 0.25) is 0 Å². The molecule has 0 aliphatic carbocycles. The summed E-state index contributed by atoms with van der Waals surface area (Å²) in [4.78, 5) is 10.9. The molecule has 98 valence electrons. The largest absolute Gasteiger partial charge is 0.388 e. The van der Waals surface area contributed by atoms with Gasteiger partial charge in [-0.15, -0.1) is 0 Å². The van der Waals surface area contributed by atoms with Gasteiger partial charge in [0.1, 0.15) is 10.7 Å². The van der Waals surface area contributed by atoms with Crippen molar-refractivity contribution >= 4 is 23.2 Å². The highest BCUT2D eigenvalue weighted by Crippen LogP contribution is 2.16. The van der Waals surface area contributed by atoms with E-state index >= 15 is 0 Å². The Hall–Kier alpha value is -1.27. The van der Waals surface area contributed by atoms with Crippen molar-refractivity contribution in [3.05, 3.63) is 18.0 Å². The molecule has 1 unspecified atom stereocenters.